The molecule has 1 N–H and O–H groups in total. The van der Waals surface area contributed by atoms with E-state index in [4.69, 9.17) is 12.2 Å². The van der Waals surface area contributed by atoms with Crippen LogP contribution in [0.15, 0.2) is 18.2 Å². The summed E-state index contributed by atoms with van der Waals surface area (Å²) in [6.07, 6.45) is 5.95. The molecule has 0 radical (unpaired) electrons. The number of benzene rings is 1. The van der Waals surface area contributed by atoms with Crippen LogP contribution in [0.4, 0.5) is 0 Å². The van der Waals surface area contributed by atoms with Gasteiger partial charge in [0.1, 0.15) is 0 Å². The lowest BCUT2D eigenvalue weighted by atomic mass is 10.2. The Morgan fingerprint density at radius 1 is 1.28 bits per heavy atom. The smallest absolute Gasteiger partial charge is 0.178 e. The van der Waals surface area contributed by atoms with Gasteiger partial charge in [-0.25, -0.2) is 0 Å². The lowest BCUT2D eigenvalue weighted by Crippen LogP contribution is -1.98. The van der Waals surface area contributed by atoms with Gasteiger partial charge in [0.2, 0.25) is 0 Å². The Kier molecular flexibility index (Phi) is 4.89. The number of nitrogens with one attached hydrogen (secondary N) is 1. The number of H-pyrrole nitrogens is 1. The molecule has 0 amide bonds. The minimum Gasteiger partial charge on any atom is -0.330 e. The van der Waals surface area contributed by atoms with E-state index in [-0.39, 0.29) is 0 Å². The van der Waals surface area contributed by atoms with Gasteiger partial charge < -0.3 is 9.55 Å². The van der Waals surface area contributed by atoms with Gasteiger partial charge in [-0.3, -0.25) is 0 Å². The van der Waals surface area contributed by atoms with E-state index in [2.05, 4.69) is 40.9 Å². The quantitative estimate of drug-likeness (QED) is 0.619. The second-order valence-corrected chi connectivity index (χ2v) is 5.98. The van der Waals surface area contributed by atoms with Gasteiger partial charge in [0.15, 0.2) is 4.77 Å². The number of aryl methyl sites for hydroxylation is 2. The van der Waals surface area contributed by atoms with Crippen LogP contribution >= 0.6 is 24.0 Å². The maximum Gasteiger partial charge on any atom is 0.178 e. The number of hydrogen-bond acceptors (Lipinski definition) is 2. The number of imidazole rings is 1. The fourth-order valence-corrected chi connectivity index (χ4v) is 3.02. The number of aromatic amines is 1. The predicted octanol–water partition coefficient (Wildman–Crippen LogP) is 4.54. The first-order valence-electron chi connectivity index (χ1n) is 6.41. The van der Waals surface area contributed by atoms with E-state index >= 15 is 0 Å². The zero-order chi connectivity index (χ0) is 13.0. The van der Waals surface area contributed by atoms with Crippen LogP contribution < -0.4 is 0 Å². The first-order chi connectivity index (χ1) is 8.74. The summed E-state index contributed by atoms with van der Waals surface area (Å²) in [6, 6.07) is 6.37. The molecule has 0 saturated carbocycles. The molecule has 98 valence electrons. The minimum absolute atomic E-state index is 0.851. The van der Waals surface area contributed by atoms with Crippen LogP contribution in [0.1, 0.15) is 24.8 Å². The number of rotatable bonds is 6. The van der Waals surface area contributed by atoms with Crippen LogP contribution in [0.5, 0.6) is 0 Å². The van der Waals surface area contributed by atoms with Crippen molar-refractivity contribution in [2.75, 3.05) is 12.0 Å². The van der Waals surface area contributed by atoms with E-state index < -0.39 is 0 Å². The predicted molar refractivity (Wildman–Crippen MR) is 84.1 cm³/mol. The standard InChI is InChI=1S/C14H20N2S2/c1-11-7-6-8-12-13(11)15-14(17)16(12)9-4-3-5-10-18-2/h6-8H,3-5,9-10H2,1-2H3,(H,15,17). The highest BCUT2D eigenvalue weighted by Crippen LogP contribution is 2.18. The Bertz CT molecular complexity index is 569. The molecule has 1 aromatic heterocycles. The molecule has 0 unspecified atom stereocenters. The van der Waals surface area contributed by atoms with Crippen molar-refractivity contribution in [3.63, 3.8) is 0 Å². The van der Waals surface area contributed by atoms with Gasteiger partial charge in [0.05, 0.1) is 11.0 Å². The molecule has 0 aliphatic heterocycles. The highest BCUT2D eigenvalue weighted by atomic mass is 32.2. The van der Waals surface area contributed by atoms with Gasteiger partial charge in [0, 0.05) is 6.54 Å². The lowest BCUT2D eigenvalue weighted by Gasteiger charge is -2.04. The molecule has 4 heteroatoms. The van der Waals surface area contributed by atoms with Crippen molar-refractivity contribution in [3.05, 3.63) is 28.5 Å². The molecule has 2 rings (SSSR count). The highest BCUT2D eigenvalue weighted by molar-refractivity contribution is 7.98. The summed E-state index contributed by atoms with van der Waals surface area (Å²) in [6.45, 7) is 3.15. The van der Waals surface area contributed by atoms with Crippen molar-refractivity contribution in [2.24, 2.45) is 0 Å². The molecule has 1 heterocycles. The molecular weight excluding hydrogens is 260 g/mol. The van der Waals surface area contributed by atoms with Crippen LogP contribution in [-0.2, 0) is 6.54 Å². The lowest BCUT2D eigenvalue weighted by molar-refractivity contribution is 0.611. The molecule has 1 aromatic carbocycles. The number of hydrogen-bond donors (Lipinski definition) is 1. The van der Waals surface area contributed by atoms with Gasteiger partial charge >= 0.3 is 0 Å². The molecular formula is C14H20N2S2. The summed E-state index contributed by atoms with van der Waals surface area (Å²) in [5, 5.41) is 0. The van der Waals surface area contributed by atoms with Gasteiger partial charge in [-0.05, 0) is 55.6 Å². The normalized spacial score (nSPS) is 11.2. The molecule has 0 aliphatic carbocycles. The molecule has 0 fully saturated rings. The van der Waals surface area contributed by atoms with Gasteiger partial charge in [-0.15, -0.1) is 0 Å². The van der Waals surface area contributed by atoms with E-state index in [1.54, 1.807) is 0 Å². The third-order valence-corrected chi connectivity index (χ3v) is 4.27. The monoisotopic (exact) mass is 280 g/mol. The molecule has 0 spiro atoms. The number of unbranched alkanes of at least 4 members (excludes halogenated alkanes) is 2. The van der Waals surface area contributed by atoms with E-state index in [9.17, 15) is 0 Å². The van der Waals surface area contributed by atoms with Crippen molar-refractivity contribution in [1.29, 1.82) is 0 Å². The fraction of sp³-hybridized carbons (Fsp3) is 0.500. The number of fused-ring (bicyclic) bond motifs is 1. The fourth-order valence-electron chi connectivity index (χ4n) is 2.24. The van der Waals surface area contributed by atoms with Crippen LogP contribution in [0, 0.1) is 11.7 Å². The van der Waals surface area contributed by atoms with E-state index in [0.717, 1.165) is 11.3 Å². The SMILES string of the molecule is CSCCCCCn1c(=S)[nH]c2c(C)cccc21. The molecule has 0 saturated heterocycles. The maximum absolute atomic E-state index is 5.42. The average Bonchev–Trinajstić information content (AvgIpc) is 2.68. The van der Waals surface area contributed by atoms with Crippen molar-refractivity contribution >= 4 is 35.0 Å². The molecule has 0 aliphatic rings. The van der Waals surface area contributed by atoms with E-state index in [0.29, 0.717) is 0 Å². The summed E-state index contributed by atoms with van der Waals surface area (Å²) in [5.74, 6) is 1.26. The second-order valence-electron chi connectivity index (χ2n) is 4.60. The molecule has 0 atom stereocenters. The first kappa shape index (κ1) is 13.7. The zero-order valence-corrected chi connectivity index (χ0v) is 12.7. The third kappa shape index (κ3) is 2.98. The van der Waals surface area contributed by atoms with Gasteiger partial charge in [-0.2, -0.15) is 11.8 Å². The summed E-state index contributed by atoms with van der Waals surface area (Å²) in [5.41, 5.74) is 3.69. The van der Waals surface area contributed by atoms with E-state index in [1.165, 1.54) is 41.6 Å². The average molecular weight is 280 g/mol. The van der Waals surface area contributed by atoms with E-state index in [1.807, 2.05) is 11.8 Å². The number of para-hydroxylation sites is 1. The van der Waals surface area contributed by atoms with Crippen LogP contribution in [-0.4, -0.2) is 21.6 Å². The zero-order valence-electron chi connectivity index (χ0n) is 11.0. The van der Waals surface area contributed by atoms with Crippen LogP contribution in [0.25, 0.3) is 11.0 Å². The molecule has 2 nitrogen and oxygen atoms in total. The Morgan fingerprint density at radius 3 is 2.89 bits per heavy atom. The minimum atomic E-state index is 0.851. The number of aromatic nitrogens is 2. The Morgan fingerprint density at radius 2 is 2.11 bits per heavy atom. The van der Waals surface area contributed by atoms with Crippen LogP contribution in [0.2, 0.25) is 0 Å². The van der Waals surface area contributed by atoms with Crippen molar-refractivity contribution in [3.8, 4) is 0 Å². The molecule has 18 heavy (non-hydrogen) atoms. The number of nitrogens with zero attached hydrogens (tertiary/aromatic N) is 1. The van der Waals surface area contributed by atoms with Gasteiger partial charge in [-0.1, -0.05) is 18.6 Å². The highest BCUT2D eigenvalue weighted by Gasteiger charge is 2.05. The second kappa shape index (κ2) is 6.43. The van der Waals surface area contributed by atoms with Crippen LogP contribution in [0.3, 0.4) is 0 Å². The third-order valence-electron chi connectivity index (χ3n) is 3.25. The Labute approximate surface area is 118 Å². The summed E-state index contributed by atoms with van der Waals surface area (Å²) in [7, 11) is 0. The van der Waals surface area contributed by atoms with Crippen molar-refractivity contribution < 1.29 is 0 Å². The van der Waals surface area contributed by atoms with Crippen molar-refractivity contribution in [2.45, 2.75) is 32.7 Å². The number of thioether (sulfide) groups is 1. The Balaban J connectivity index is 2.11. The molecule has 2 aromatic rings. The topological polar surface area (TPSA) is 20.7 Å². The first-order valence-corrected chi connectivity index (χ1v) is 8.21. The summed E-state index contributed by atoms with van der Waals surface area (Å²) in [4.78, 5) is 3.32. The maximum atomic E-state index is 5.42. The largest absolute Gasteiger partial charge is 0.330 e. The van der Waals surface area contributed by atoms with Crippen molar-refractivity contribution in [1.82, 2.24) is 9.55 Å². The summed E-state index contributed by atoms with van der Waals surface area (Å²) < 4.78 is 3.08. The Hall–Kier alpha value is -0.740. The molecule has 0 bridgehead atoms. The summed E-state index contributed by atoms with van der Waals surface area (Å²) >= 11 is 7.34. The van der Waals surface area contributed by atoms with Gasteiger partial charge in [0.25, 0.3) is 0 Å².